The van der Waals surface area contributed by atoms with Crippen LogP contribution in [-0.2, 0) is 35.2 Å². The molecule has 1 N–H and O–H groups in total. The molecule has 0 bridgehead atoms. The molecule has 0 unspecified atom stereocenters. The highest BCUT2D eigenvalue weighted by atomic mass is 32.2. The highest BCUT2D eigenvalue weighted by molar-refractivity contribution is 7.90. The van der Waals surface area contributed by atoms with Crippen LogP contribution in [0, 0.1) is 6.92 Å². The third-order valence-electron chi connectivity index (χ3n) is 5.86. The zero-order valence-electron chi connectivity index (χ0n) is 20.4. The molecule has 4 aromatic rings. The Labute approximate surface area is 211 Å². The molecule has 0 saturated heterocycles. The fourth-order valence-electron chi connectivity index (χ4n) is 3.99. The second kappa shape index (κ2) is 11.3. The molecule has 4 rings (SSSR count). The van der Waals surface area contributed by atoms with Crippen LogP contribution in [0.15, 0.2) is 88.8 Å². The highest BCUT2D eigenvalue weighted by Gasteiger charge is 2.26. The van der Waals surface area contributed by atoms with Gasteiger partial charge >= 0.3 is 6.03 Å². The van der Waals surface area contributed by atoms with Crippen LogP contribution in [0.3, 0.4) is 0 Å². The lowest BCUT2D eigenvalue weighted by Crippen LogP contribution is -2.39. The van der Waals surface area contributed by atoms with Crippen LogP contribution in [0.25, 0.3) is 0 Å². The number of imidazole rings is 1. The van der Waals surface area contributed by atoms with Crippen LogP contribution in [0.5, 0.6) is 0 Å². The largest absolute Gasteiger partial charge is 0.467 e. The van der Waals surface area contributed by atoms with E-state index in [-0.39, 0.29) is 30.0 Å². The molecule has 2 heterocycles. The van der Waals surface area contributed by atoms with E-state index in [0.717, 1.165) is 16.7 Å². The number of sulfone groups is 1. The third kappa shape index (κ3) is 6.04. The predicted molar refractivity (Wildman–Crippen MR) is 137 cm³/mol. The second-order valence-corrected chi connectivity index (χ2v) is 10.4. The van der Waals surface area contributed by atoms with Crippen molar-refractivity contribution in [1.82, 2.24) is 19.8 Å². The minimum absolute atomic E-state index is 0.0153. The lowest BCUT2D eigenvalue weighted by atomic mass is 10.1. The van der Waals surface area contributed by atoms with E-state index in [9.17, 15) is 13.2 Å². The Morgan fingerprint density at radius 2 is 1.78 bits per heavy atom. The summed E-state index contributed by atoms with van der Waals surface area (Å²) >= 11 is 0. The minimum atomic E-state index is -3.77. The summed E-state index contributed by atoms with van der Waals surface area (Å²) in [6.07, 6.45) is 3.10. The van der Waals surface area contributed by atoms with Crippen molar-refractivity contribution in [3.05, 3.63) is 107 Å². The Bertz CT molecular complexity index is 1400. The van der Waals surface area contributed by atoms with Gasteiger partial charge in [0, 0.05) is 6.54 Å². The van der Waals surface area contributed by atoms with E-state index in [2.05, 4.69) is 10.3 Å². The van der Waals surface area contributed by atoms with Gasteiger partial charge in [0.25, 0.3) is 0 Å². The molecule has 9 heteroatoms. The number of hydrogen-bond donors (Lipinski definition) is 1. The summed E-state index contributed by atoms with van der Waals surface area (Å²) in [4.78, 5) is 18.8. The smallest absolute Gasteiger partial charge is 0.318 e. The summed E-state index contributed by atoms with van der Waals surface area (Å²) in [5, 5.41) is 2.81. The highest BCUT2D eigenvalue weighted by Crippen LogP contribution is 2.22. The number of nitrogens with zero attached hydrogens (tertiary/aromatic N) is 3. The summed E-state index contributed by atoms with van der Waals surface area (Å²) in [5.41, 5.74) is 3.18. The fraction of sp³-hybridized carbons (Fsp3) is 0.259. The number of nitrogens with one attached hydrogen (secondary N) is 1. The van der Waals surface area contributed by atoms with Crippen LogP contribution in [0.1, 0.15) is 35.1 Å². The molecule has 8 nitrogen and oxygen atoms in total. The number of furan rings is 1. The molecule has 188 valence electrons. The lowest BCUT2D eigenvalue weighted by molar-refractivity contribution is 0.186. The number of benzene rings is 2. The molecule has 0 spiro atoms. The van der Waals surface area contributed by atoms with E-state index in [0.29, 0.717) is 24.5 Å². The summed E-state index contributed by atoms with van der Waals surface area (Å²) < 4.78 is 34.3. The van der Waals surface area contributed by atoms with Crippen molar-refractivity contribution in [3.63, 3.8) is 0 Å². The van der Waals surface area contributed by atoms with Crippen molar-refractivity contribution in [1.29, 1.82) is 0 Å². The molecule has 0 atom stereocenters. The second-order valence-electron chi connectivity index (χ2n) is 8.56. The van der Waals surface area contributed by atoms with E-state index in [4.69, 9.17) is 4.42 Å². The molecule has 36 heavy (non-hydrogen) atoms. The number of rotatable bonds is 10. The standard InChI is InChI=1S/C27H30N4O4S/c1-3-28-26(32)30(19-25-14-9-15-35-25)18-24-16-29-27(31(24)17-22-11-5-4-6-12-22)36(33,34)20-23-13-8-7-10-21(23)2/h4-16H,3,17-20H2,1-2H3,(H,28,32). The van der Waals surface area contributed by atoms with Crippen molar-refractivity contribution < 1.29 is 17.6 Å². The van der Waals surface area contributed by atoms with Crippen molar-refractivity contribution in [3.8, 4) is 0 Å². The van der Waals surface area contributed by atoms with Gasteiger partial charge < -0.3 is 19.2 Å². The number of amides is 2. The molecule has 0 saturated carbocycles. The first kappa shape index (κ1) is 25.2. The van der Waals surface area contributed by atoms with E-state index >= 15 is 0 Å². The molecule has 0 aliphatic heterocycles. The maximum absolute atomic E-state index is 13.6. The Balaban J connectivity index is 1.71. The van der Waals surface area contributed by atoms with Crippen LogP contribution in [0.2, 0.25) is 0 Å². The number of hydrogen-bond acceptors (Lipinski definition) is 5. The molecule has 2 aromatic carbocycles. The average molecular weight is 507 g/mol. The molecular formula is C27H30N4O4S. The Kier molecular flexibility index (Phi) is 7.90. The van der Waals surface area contributed by atoms with Gasteiger partial charge in [-0.3, -0.25) is 0 Å². The number of carbonyl (C=O) groups is 1. The average Bonchev–Trinajstić information content (AvgIpc) is 3.51. The molecule has 2 aromatic heterocycles. The van der Waals surface area contributed by atoms with Gasteiger partial charge in [0.05, 0.1) is 43.5 Å². The van der Waals surface area contributed by atoms with Gasteiger partial charge in [-0.1, -0.05) is 54.6 Å². The normalized spacial score (nSPS) is 11.4. The maximum Gasteiger partial charge on any atom is 0.318 e. The monoisotopic (exact) mass is 506 g/mol. The van der Waals surface area contributed by atoms with Crippen LogP contribution < -0.4 is 5.32 Å². The van der Waals surface area contributed by atoms with Gasteiger partial charge in [-0.15, -0.1) is 0 Å². The van der Waals surface area contributed by atoms with Crippen LogP contribution in [0.4, 0.5) is 4.79 Å². The van der Waals surface area contributed by atoms with E-state index in [1.54, 1.807) is 34.1 Å². The van der Waals surface area contributed by atoms with Crippen LogP contribution in [-0.4, -0.2) is 35.4 Å². The molecule has 0 aliphatic rings. The topological polar surface area (TPSA) is 97.4 Å². The summed E-state index contributed by atoms with van der Waals surface area (Å²) in [6, 6.07) is 20.3. The lowest BCUT2D eigenvalue weighted by Gasteiger charge is -2.23. The van der Waals surface area contributed by atoms with Gasteiger partial charge in [-0.2, -0.15) is 0 Å². The fourth-order valence-corrected chi connectivity index (χ4v) is 5.58. The summed E-state index contributed by atoms with van der Waals surface area (Å²) in [7, 11) is -3.77. The SMILES string of the molecule is CCNC(=O)N(Cc1ccco1)Cc1cnc(S(=O)(=O)Cc2ccccc2C)n1Cc1ccccc1. The number of urea groups is 1. The van der Waals surface area contributed by atoms with Gasteiger partial charge in [0.1, 0.15) is 5.76 Å². The first-order valence-corrected chi connectivity index (χ1v) is 13.4. The van der Waals surface area contributed by atoms with Gasteiger partial charge in [-0.05, 0) is 42.7 Å². The summed E-state index contributed by atoms with van der Waals surface area (Å²) in [5.74, 6) is 0.472. The molecule has 2 amide bonds. The van der Waals surface area contributed by atoms with Crippen molar-refractivity contribution in [2.24, 2.45) is 0 Å². The third-order valence-corrected chi connectivity index (χ3v) is 7.44. The number of aryl methyl sites for hydroxylation is 1. The van der Waals surface area contributed by atoms with E-state index in [1.807, 2.05) is 68.4 Å². The van der Waals surface area contributed by atoms with Crippen molar-refractivity contribution in [2.75, 3.05) is 6.54 Å². The first-order chi connectivity index (χ1) is 17.4. The van der Waals surface area contributed by atoms with Crippen LogP contribution >= 0.6 is 0 Å². The number of carbonyl (C=O) groups excluding carboxylic acids is 1. The van der Waals surface area contributed by atoms with E-state index in [1.165, 1.54) is 0 Å². The molecule has 0 aliphatic carbocycles. The quantitative estimate of drug-likeness (QED) is 0.341. The van der Waals surface area contributed by atoms with Gasteiger partial charge in [0.2, 0.25) is 15.0 Å². The minimum Gasteiger partial charge on any atom is -0.467 e. The van der Waals surface area contributed by atoms with Crippen molar-refractivity contribution in [2.45, 2.75) is 44.4 Å². The Morgan fingerprint density at radius 3 is 2.47 bits per heavy atom. The van der Waals surface area contributed by atoms with Crippen molar-refractivity contribution >= 4 is 15.9 Å². The maximum atomic E-state index is 13.6. The van der Waals surface area contributed by atoms with Gasteiger partial charge in [-0.25, -0.2) is 18.2 Å². The predicted octanol–water partition coefficient (Wildman–Crippen LogP) is 4.54. The Hall–Kier alpha value is -3.85. The first-order valence-electron chi connectivity index (χ1n) is 11.8. The molecule has 0 fully saturated rings. The number of aromatic nitrogens is 2. The molecule has 0 radical (unpaired) electrons. The van der Waals surface area contributed by atoms with Gasteiger partial charge in [0.15, 0.2) is 0 Å². The zero-order valence-corrected chi connectivity index (χ0v) is 21.2. The summed E-state index contributed by atoms with van der Waals surface area (Å²) in [6.45, 7) is 4.91. The van der Waals surface area contributed by atoms with E-state index < -0.39 is 9.84 Å². The zero-order chi connectivity index (χ0) is 25.5. The molecular weight excluding hydrogens is 476 g/mol. The Morgan fingerprint density at radius 1 is 1.03 bits per heavy atom.